The predicted octanol–water partition coefficient (Wildman–Crippen LogP) is 3.66. The highest BCUT2D eigenvalue weighted by atomic mass is 16.5. The average molecular weight is 460 g/mol. The van der Waals surface area contributed by atoms with E-state index in [0.717, 1.165) is 66.9 Å². The molecule has 5 N–H and O–H groups in total. The molecule has 1 saturated carbocycles. The molecule has 0 amide bonds. The Balaban J connectivity index is 1.61. The Labute approximate surface area is 201 Å². The fraction of sp³-hybridized carbons (Fsp3) is 0.444. The van der Waals surface area contributed by atoms with E-state index in [9.17, 15) is 0 Å². The van der Waals surface area contributed by atoms with Crippen LogP contribution in [0.1, 0.15) is 56.2 Å². The van der Waals surface area contributed by atoms with Gasteiger partial charge in [-0.25, -0.2) is 0 Å². The highest BCUT2D eigenvalue weighted by molar-refractivity contribution is 5.82. The zero-order valence-electron chi connectivity index (χ0n) is 20.3. The van der Waals surface area contributed by atoms with Gasteiger partial charge < -0.3 is 21.1 Å². The monoisotopic (exact) mass is 459 g/mol. The van der Waals surface area contributed by atoms with E-state index >= 15 is 0 Å². The van der Waals surface area contributed by atoms with E-state index in [1.165, 1.54) is 11.1 Å². The second-order valence-electron chi connectivity index (χ2n) is 10.4. The maximum Gasteiger partial charge on any atom is 0.224 e. The molecule has 0 atom stereocenters. The van der Waals surface area contributed by atoms with E-state index in [1.807, 2.05) is 12.4 Å². The summed E-state index contributed by atoms with van der Waals surface area (Å²) < 4.78 is 6.68. The van der Waals surface area contributed by atoms with Crippen molar-refractivity contribution in [2.24, 2.45) is 5.73 Å². The number of H-pyrrole nitrogens is 1. The van der Waals surface area contributed by atoms with Crippen LogP contribution in [0.2, 0.25) is 0 Å². The molecule has 0 radical (unpaired) electrons. The first-order valence-electron chi connectivity index (χ1n) is 12.2. The predicted molar refractivity (Wildman–Crippen MR) is 135 cm³/mol. The van der Waals surface area contributed by atoms with Crippen molar-refractivity contribution in [3.05, 3.63) is 59.7 Å². The molecule has 0 aliphatic heterocycles. The first-order chi connectivity index (χ1) is 16.3. The number of benzene rings is 1. The second-order valence-corrected chi connectivity index (χ2v) is 10.4. The van der Waals surface area contributed by atoms with Crippen LogP contribution in [0.15, 0.2) is 43.0 Å². The first-order valence-corrected chi connectivity index (χ1v) is 12.2. The highest BCUT2D eigenvalue weighted by Gasteiger charge is 2.39. The maximum atomic E-state index is 6.68. The lowest BCUT2D eigenvalue weighted by molar-refractivity contribution is -0.366. The number of aromatic nitrogens is 3. The fourth-order valence-electron chi connectivity index (χ4n) is 5.61. The van der Waals surface area contributed by atoms with E-state index in [-0.39, 0.29) is 11.5 Å². The molecule has 3 aromatic rings. The number of pyridine rings is 1. The third-order valence-electron chi connectivity index (χ3n) is 7.28. The molecule has 2 heterocycles. The van der Waals surface area contributed by atoms with Gasteiger partial charge in [0.2, 0.25) is 12.1 Å². The van der Waals surface area contributed by atoms with Crippen LogP contribution in [0.5, 0.6) is 5.75 Å². The first kappa shape index (κ1) is 22.6. The van der Waals surface area contributed by atoms with Gasteiger partial charge in [0.05, 0.1) is 17.4 Å². The normalized spacial score (nSPS) is 20.8. The lowest BCUT2D eigenvalue weighted by Gasteiger charge is -2.36. The summed E-state index contributed by atoms with van der Waals surface area (Å²) in [6.45, 7) is 5.24. The summed E-state index contributed by atoms with van der Waals surface area (Å²) in [5.74, 6) is 1.62. The average Bonchev–Trinajstić information content (AvgIpc) is 2.80. The highest BCUT2D eigenvalue weighted by Crippen LogP contribution is 2.49. The number of anilines is 2. The Morgan fingerprint density at radius 3 is 2.59 bits per heavy atom. The summed E-state index contributed by atoms with van der Waals surface area (Å²) in [5.41, 5.74) is 19.1. The third-order valence-corrected chi connectivity index (χ3v) is 7.28. The van der Waals surface area contributed by atoms with Gasteiger partial charge in [0.25, 0.3) is 0 Å². The van der Waals surface area contributed by atoms with E-state index in [4.69, 9.17) is 21.2 Å². The lowest BCUT2D eigenvalue weighted by atomic mass is 9.71. The molecule has 5 rings (SSSR count). The summed E-state index contributed by atoms with van der Waals surface area (Å²) >= 11 is 0. The Hall–Kier alpha value is -3.19. The molecule has 7 heteroatoms. The van der Waals surface area contributed by atoms with E-state index in [0.29, 0.717) is 11.9 Å². The van der Waals surface area contributed by atoms with Gasteiger partial charge in [-0.2, -0.15) is 0 Å². The van der Waals surface area contributed by atoms with Crippen LogP contribution in [0.25, 0.3) is 11.3 Å². The molecule has 1 aromatic carbocycles. The van der Waals surface area contributed by atoms with Crippen LogP contribution >= 0.6 is 0 Å². The fourth-order valence-corrected chi connectivity index (χ4v) is 5.61. The lowest BCUT2D eigenvalue weighted by Crippen LogP contribution is -2.34. The molecule has 34 heavy (non-hydrogen) atoms. The van der Waals surface area contributed by atoms with Crippen LogP contribution in [0.4, 0.5) is 11.5 Å². The van der Waals surface area contributed by atoms with Crippen LogP contribution in [0.3, 0.4) is 0 Å². The molecule has 2 aliphatic carbocycles. The summed E-state index contributed by atoms with van der Waals surface area (Å²) in [6.07, 6.45) is 10.4. The number of hydrogen-bond acceptors (Lipinski definition) is 6. The molecular weight excluding hydrogens is 424 g/mol. The molecule has 7 nitrogen and oxygen atoms in total. The maximum absolute atomic E-state index is 6.68. The number of aromatic amines is 1. The van der Waals surface area contributed by atoms with Gasteiger partial charge in [-0.1, -0.05) is 13.8 Å². The van der Waals surface area contributed by atoms with Gasteiger partial charge in [-0.3, -0.25) is 9.97 Å². The van der Waals surface area contributed by atoms with Crippen LogP contribution in [-0.4, -0.2) is 29.2 Å². The number of nitrogens with two attached hydrogens (primary N) is 2. The summed E-state index contributed by atoms with van der Waals surface area (Å²) in [6, 6.07) is 8.69. The summed E-state index contributed by atoms with van der Waals surface area (Å²) in [7, 11) is 2.14. The Kier molecular flexibility index (Phi) is 5.90. The number of nitrogens with one attached hydrogen (secondary N) is 1. The molecule has 2 aromatic heterocycles. The molecule has 0 spiro atoms. The molecule has 178 valence electrons. The molecule has 2 aliphatic rings. The quantitative estimate of drug-likeness (QED) is 0.603. The van der Waals surface area contributed by atoms with Crippen molar-refractivity contribution in [2.45, 2.75) is 70.1 Å². The Morgan fingerprint density at radius 1 is 1.12 bits per heavy atom. The van der Waals surface area contributed by atoms with Gasteiger partial charge in [-0.15, -0.1) is 4.98 Å². The van der Waals surface area contributed by atoms with Crippen molar-refractivity contribution in [2.75, 3.05) is 17.7 Å². The van der Waals surface area contributed by atoms with Gasteiger partial charge in [-0.05, 0) is 67.5 Å². The second kappa shape index (κ2) is 8.87. The standard InChI is InChI=1S/C27H34N6O/c1-27(2)14-21-20(24-23(27)26(29)32-16-31-24)8-9-22(34-19-6-4-18(28)5-7-19)25(21)33(3)15-17-10-12-30-13-11-17/h8-13,16,18-19H,4-7,14-15,28H2,1-3H3,(H2,29,31,32)/p+1. The van der Waals surface area contributed by atoms with Gasteiger partial charge in [0.1, 0.15) is 5.75 Å². The Bertz CT molecular complexity index is 1170. The zero-order chi connectivity index (χ0) is 23.9. The van der Waals surface area contributed by atoms with Gasteiger partial charge >= 0.3 is 0 Å². The topological polar surface area (TPSA) is 104 Å². The SMILES string of the molecule is CN(Cc1ccncc1)c1c(OC2CCC(N)CC2)ccc2c1CC(C)(C)c1c-2nc[nH+]c1N. The van der Waals surface area contributed by atoms with Crippen molar-refractivity contribution < 1.29 is 9.72 Å². The number of nitrogens with zero attached hydrogens (tertiary/aromatic N) is 3. The number of rotatable bonds is 5. The van der Waals surface area contributed by atoms with Gasteiger partial charge in [0.15, 0.2) is 5.69 Å². The van der Waals surface area contributed by atoms with Crippen LogP contribution in [0, 0.1) is 0 Å². The van der Waals surface area contributed by atoms with Crippen molar-refractivity contribution in [1.82, 2.24) is 9.97 Å². The van der Waals surface area contributed by atoms with Crippen LogP contribution in [-0.2, 0) is 18.4 Å². The van der Waals surface area contributed by atoms with E-state index < -0.39 is 0 Å². The van der Waals surface area contributed by atoms with Crippen molar-refractivity contribution in [3.63, 3.8) is 0 Å². The molecule has 0 saturated heterocycles. The van der Waals surface area contributed by atoms with Crippen LogP contribution < -0.4 is 26.1 Å². The van der Waals surface area contributed by atoms with E-state index in [1.54, 1.807) is 6.33 Å². The van der Waals surface area contributed by atoms with Crippen molar-refractivity contribution in [1.29, 1.82) is 0 Å². The molecule has 1 fully saturated rings. The number of ether oxygens (including phenoxy) is 1. The zero-order valence-corrected chi connectivity index (χ0v) is 20.3. The van der Waals surface area contributed by atoms with Crippen molar-refractivity contribution >= 4 is 11.5 Å². The number of hydrogen-bond donors (Lipinski definition) is 2. The molecule has 0 unspecified atom stereocenters. The third kappa shape index (κ3) is 4.20. The minimum absolute atomic E-state index is 0.167. The minimum Gasteiger partial charge on any atom is -0.488 e. The Morgan fingerprint density at radius 2 is 1.85 bits per heavy atom. The summed E-state index contributed by atoms with van der Waals surface area (Å²) in [5, 5.41) is 0. The number of fused-ring (bicyclic) bond motifs is 3. The molecule has 0 bridgehead atoms. The van der Waals surface area contributed by atoms with Crippen molar-refractivity contribution in [3.8, 4) is 17.0 Å². The van der Waals surface area contributed by atoms with Gasteiger partial charge in [0, 0.05) is 43.0 Å². The largest absolute Gasteiger partial charge is 0.488 e. The minimum atomic E-state index is -0.167. The smallest absolute Gasteiger partial charge is 0.224 e. The summed E-state index contributed by atoms with van der Waals surface area (Å²) in [4.78, 5) is 14.3. The molecular formula is C27H35N6O+. The van der Waals surface area contributed by atoms with E-state index in [2.05, 4.69) is 60.0 Å². The number of nitrogen functional groups attached to an aromatic ring is 1.